The fourth-order valence-corrected chi connectivity index (χ4v) is 4.94. The Balaban J connectivity index is 1.48. The van der Waals surface area contributed by atoms with Crippen molar-refractivity contribution in [1.82, 2.24) is 0 Å². The van der Waals surface area contributed by atoms with E-state index in [0.717, 1.165) is 49.7 Å². The van der Waals surface area contributed by atoms with Crippen molar-refractivity contribution in [2.45, 2.75) is 30.6 Å². The molecule has 0 aromatic heterocycles. The van der Waals surface area contributed by atoms with E-state index < -0.39 is 0 Å². The number of rotatable bonds is 3. The molecule has 0 unspecified atom stereocenters. The van der Waals surface area contributed by atoms with Gasteiger partial charge < -0.3 is 9.64 Å². The van der Waals surface area contributed by atoms with E-state index in [4.69, 9.17) is 16.3 Å². The molecule has 0 radical (unpaired) electrons. The van der Waals surface area contributed by atoms with Crippen molar-refractivity contribution in [2.24, 2.45) is 5.92 Å². The summed E-state index contributed by atoms with van der Waals surface area (Å²) in [7, 11) is 0. The Morgan fingerprint density at radius 1 is 1.08 bits per heavy atom. The van der Waals surface area contributed by atoms with Crippen molar-refractivity contribution in [1.29, 1.82) is 0 Å². The van der Waals surface area contributed by atoms with Crippen LogP contribution in [-0.4, -0.2) is 25.7 Å². The standard InChI is InChI=1S/C22H22ClNO2/c23-17-7-5-16(6-8-17)19-13-22(19)18-3-1-2-4-20(18)24(21(22)25)14-15-9-11-26-12-10-15/h1-8,15,19H,9-14H2/t19-,22-/m1/s1. The van der Waals surface area contributed by atoms with Crippen LogP contribution in [0.3, 0.4) is 0 Å². The average Bonchev–Trinajstić information content (AvgIpc) is 3.39. The molecular weight excluding hydrogens is 346 g/mol. The highest BCUT2D eigenvalue weighted by Crippen LogP contribution is 2.66. The number of fused-ring (bicyclic) bond motifs is 2. The van der Waals surface area contributed by atoms with Gasteiger partial charge in [-0.1, -0.05) is 41.9 Å². The molecule has 2 aromatic carbocycles. The summed E-state index contributed by atoms with van der Waals surface area (Å²) in [6, 6.07) is 16.3. The van der Waals surface area contributed by atoms with Crippen LogP contribution in [0.2, 0.25) is 5.02 Å². The van der Waals surface area contributed by atoms with E-state index in [9.17, 15) is 4.79 Å². The maximum absolute atomic E-state index is 13.5. The Bertz CT molecular complexity index is 843. The van der Waals surface area contributed by atoms with Gasteiger partial charge in [0.15, 0.2) is 0 Å². The molecule has 2 heterocycles. The van der Waals surface area contributed by atoms with Crippen LogP contribution in [0.1, 0.15) is 36.3 Å². The molecular formula is C22H22ClNO2. The molecule has 1 spiro atoms. The lowest BCUT2D eigenvalue weighted by atomic mass is 9.92. The van der Waals surface area contributed by atoms with Crippen LogP contribution >= 0.6 is 11.6 Å². The number of carbonyl (C=O) groups is 1. The second-order valence-corrected chi connectivity index (χ2v) is 8.20. The van der Waals surface area contributed by atoms with Crippen molar-refractivity contribution < 1.29 is 9.53 Å². The van der Waals surface area contributed by atoms with Crippen molar-refractivity contribution in [3.63, 3.8) is 0 Å². The van der Waals surface area contributed by atoms with Crippen LogP contribution in [0.5, 0.6) is 0 Å². The van der Waals surface area contributed by atoms with Gasteiger partial charge in [0.05, 0.1) is 5.41 Å². The molecule has 0 bridgehead atoms. The summed E-state index contributed by atoms with van der Waals surface area (Å²) in [6.07, 6.45) is 2.98. The largest absolute Gasteiger partial charge is 0.381 e. The van der Waals surface area contributed by atoms with Gasteiger partial charge in [-0.2, -0.15) is 0 Å². The smallest absolute Gasteiger partial charge is 0.238 e. The minimum atomic E-state index is -0.365. The maximum atomic E-state index is 13.5. The van der Waals surface area contributed by atoms with E-state index in [1.807, 2.05) is 18.2 Å². The molecule has 2 aromatic rings. The Morgan fingerprint density at radius 2 is 1.81 bits per heavy atom. The summed E-state index contributed by atoms with van der Waals surface area (Å²) in [5, 5.41) is 0.739. The first-order chi connectivity index (χ1) is 12.7. The summed E-state index contributed by atoms with van der Waals surface area (Å²) in [5.74, 6) is 1.07. The molecule has 1 saturated carbocycles. The number of carbonyl (C=O) groups excluding carboxylic acids is 1. The predicted octanol–water partition coefficient (Wildman–Crippen LogP) is 4.54. The Hall–Kier alpha value is -1.84. The van der Waals surface area contributed by atoms with Crippen LogP contribution in [0.15, 0.2) is 48.5 Å². The molecule has 5 rings (SSSR count). The first kappa shape index (κ1) is 16.3. The zero-order chi connectivity index (χ0) is 17.7. The quantitative estimate of drug-likeness (QED) is 0.797. The molecule has 2 fully saturated rings. The zero-order valence-corrected chi connectivity index (χ0v) is 15.4. The van der Waals surface area contributed by atoms with E-state index in [1.54, 1.807) is 0 Å². The van der Waals surface area contributed by atoms with E-state index in [1.165, 1.54) is 11.1 Å². The van der Waals surface area contributed by atoms with Crippen LogP contribution < -0.4 is 4.90 Å². The zero-order valence-electron chi connectivity index (χ0n) is 14.7. The summed E-state index contributed by atoms with van der Waals surface area (Å²) in [6.45, 7) is 2.44. The predicted molar refractivity (Wildman–Crippen MR) is 103 cm³/mol. The highest BCUT2D eigenvalue weighted by molar-refractivity contribution is 6.30. The first-order valence-electron chi connectivity index (χ1n) is 9.45. The van der Waals surface area contributed by atoms with Crippen molar-refractivity contribution in [3.05, 3.63) is 64.7 Å². The second kappa shape index (κ2) is 6.11. The fourth-order valence-electron chi connectivity index (χ4n) is 4.81. The highest BCUT2D eigenvalue weighted by Gasteiger charge is 2.67. The Labute approximate surface area is 158 Å². The van der Waals surface area contributed by atoms with Gasteiger partial charge in [-0.15, -0.1) is 0 Å². The summed E-state index contributed by atoms with van der Waals surface area (Å²) < 4.78 is 5.48. The number of amides is 1. The number of nitrogens with zero attached hydrogens (tertiary/aromatic N) is 1. The Morgan fingerprint density at radius 3 is 2.58 bits per heavy atom. The molecule has 2 aliphatic heterocycles. The number of hydrogen-bond donors (Lipinski definition) is 0. The van der Waals surface area contributed by atoms with Crippen molar-refractivity contribution >= 4 is 23.2 Å². The Kier molecular flexibility index (Phi) is 3.84. The van der Waals surface area contributed by atoms with Crippen LogP contribution in [0.4, 0.5) is 5.69 Å². The van der Waals surface area contributed by atoms with E-state index in [0.29, 0.717) is 5.92 Å². The van der Waals surface area contributed by atoms with Gasteiger partial charge in [0, 0.05) is 36.4 Å². The van der Waals surface area contributed by atoms with Crippen molar-refractivity contribution in [2.75, 3.05) is 24.7 Å². The fraction of sp³-hybridized carbons (Fsp3) is 0.409. The SMILES string of the molecule is O=C1N(CC2CCOCC2)c2ccccc2[C@@]12C[C@@H]2c1ccc(Cl)cc1. The highest BCUT2D eigenvalue weighted by atomic mass is 35.5. The van der Waals surface area contributed by atoms with Gasteiger partial charge in [-0.25, -0.2) is 0 Å². The molecule has 1 aliphatic carbocycles. The third-order valence-electron chi connectivity index (χ3n) is 6.32. The van der Waals surface area contributed by atoms with E-state index in [-0.39, 0.29) is 17.2 Å². The minimum Gasteiger partial charge on any atom is -0.381 e. The number of anilines is 1. The maximum Gasteiger partial charge on any atom is 0.238 e. The minimum absolute atomic E-state index is 0.258. The van der Waals surface area contributed by atoms with Gasteiger partial charge in [-0.3, -0.25) is 4.79 Å². The molecule has 1 saturated heterocycles. The topological polar surface area (TPSA) is 29.5 Å². The lowest BCUT2D eigenvalue weighted by Gasteiger charge is -2.27. The lowest BCUT2D eigenvalue weighted by molar-refractivity contribution is -0.120. The molecule has 134 valence electrons. The molecule has 4 heteroatoms. The molecule has 3 nitrogen and oxygen atoms in total. The van der Waals surface area contributed by atoms with Gasteiger partial charge >= 0.3 is 0 Å². The molecule has 26 heavy (non-hydrogen) atoms. The van der Waals surface area contributed by atoms with E-state index >= 15 is 0 Å². The number of ether oxygens (including phenoxy) is 1. The van der Waals surface area contributed by atoms with E-state index in [2.05, 4.69) is 35.2 Å². The normalized spacial score (nSPS) is 27.8. The number of hydrogen-bond acceptors (Lipinski definition) is 2. The third-order valence-corrected chi connectivity index (χ3v) is 6.57. The molecule has 3 aliphatic rings. The summed E-state index contributed by atoms with van der Waals surface area (Å²) >= 11 is 6.04. The first-order valence-corrected chi connectivity index (χ1v) is 9.82. The van der Waals surface area contributed by atoms with Gasteiger partial charge in [0.25, 0.3) is 0 Å². The summed E-state index contributed by atoms with van der Waals surface area (Å²) in [5.41, 5.74) is 3.17. The number of benzene rings is 2. The van der Waals surface area contributed by atoms with Crippen LogP contribution in [0, 0.1) is 5.92 Å². The molecule has 0 N–H and O–H groups in total. The monoisotopic (exact) mass is 367 g/mol. The number of para-hydroxylation sites is 1. The molecule has 2 atom stereocenters. The van der Waals surface area contributed by atoms with Gasteiger partial charge in [-0.05, 0) is 54.5 Å². The second-order valence-electron chi connectivity index (χ2n) is 7.77. The van der Waals surface area contributed by atoms with Crippen LogP contribution in [-0.2, 0) is 14.9 Å². The van der Waals surface area contributed by atoms with Gasteiger partial charge in [0.1, 0.15) is 0 Å². The lowest BCUT2D eigenvalue weighted by Crippen LogP contribution is -2.38. The summed E-state index contributed by atoms with van der Waals surface area (Å²) in [4.78, 5) is 15.6. The molecule has 1 amide bonds. The van der Waals surface area contributed by atoms with Crippen LogP contribution in [0.25, 0.3) is 0 Å². The third kappa shape index (κ3) is 2.41. The van der Waals surface area contributed by atoms with Crippen molar-refractivity contribution in [3.8, 4) is 0 Å². The average molecular weight is 368 g/mol. The van der Waals surface area contributed by atoms with Gasteiger partial charge in [0.2, 0.25) is 5.91 Å². The number of halogens is 1.